The molecule has 0 amide bonds. The molecule has 1 aromatic heterocycles. The van der Waals surface area contributed by atoms with Crippen molar-refractivity contribution in [2.24, 2.45) is 0 Å². The number of aromatic nitrogens is 2. The second kappa shape index (κ2) is 14.1. The Bertz CT molecular complexity index is 1330. The lowest BCUT2D eigenvalue weighted by Crippen LogP contribution is -2.63. The first-order chi connectivity index (χ1) is 19.7. The molecule has 1 aromatic carbocycles. The molecule has 0 bridgehead atoms. The summed E-state index contributed by atoms with van der Waals surface area (Å²) in [6, 6.07) is 4.58. The first-order valence-corrected chi connectivity index (χ1v) is 14.0. The lowest BCUT2D eigenvalue weighted by Gasteiger charge is -2.43. The molecule has 5 atom stereocenters. The minimum absolute atomic E-state index is 0.0458. The molecule has 1 fully saturated rings. The monoisotopic (exact) mass is 656 g/mol. The summed E-state index contributed by atoms with van der Waals surface area (Å²) in [4.78, 5) is 47.9. The zero-order valence-corrected chi connectivity index (χ0v) is 25.9. The van der Waals surface area contributed by atoms with Gasteiger partial charge in [0, 0.05) is 55.9 Å². The molecule has 2 heterocycles. The molecule has 0 spiro atoms. The molecule has 14 heteroatoms. The van der Waals surface area contributed by atoms with Crippen molar-refractivity contribution in [2.45, 2.75) is 91.6 Å². The molecule has 42 heavy (non-hydrogen) atoms. The molecule has 0 radical (unpaired) electrons. The van der Waals surface area contributed by atoms with Gasteiger partial charge in [0.1, 0.15) is 18.5 Å². The van der Waals surface area contributed by atoms with Crippen molar-refractivity contribution in [1.82, 2.24) is 9.78 Å². The fourth-order valence-corrected chi connectivity index (χ4v) is 4.91. The molecule has 0 N–H and O–H groups in total. The standard InChI is InChI=1S/C28H34BrFN2O10/c1-13(2)32-14(3)21(10-19-8-9-20(29)11-22(19)30)27(31-32)42-28-26(40-18(7)36)25(39-17(6)35)24(38-16(5)34)23(41-28)12-37-15(4)33/h8-9,11,13,23-26,28H,10,12H2,1-7H3/t23-,24-,25+,26-,28+/m1/s1. The maximum Gasteiger partial charge on any atom is 0.303 e. The Morgan fingerprint density at radius 3 is 2.12 bits per heavy atom. The number of carbonyl (C=O) groups excluding carboxylic acids is 4. The summed E-state index contributed by atoms with van der Waals surface area (Å²) in [6.45, 7) is 9.77. The van der Waals surface area contributed by atoms with E-state index in [1.54, 1.807) is 23.7 Å². The fourth-order valence-electron chi connectivity index (χ4n) is 4.58. The summed E-state index contributed by atoms with van der Waals surface area (Å²) in [7, 11) is 0. The molecule has 1 aliphatic heterocycles. The highest BCUT2D eigenvalue weighted by atomic mass is 79.9. The predicted molar refractivity (Wildman–Crippen MR) is 147 cm³/mol. The molecule has 0 unspecified atom stereocenters. The summed E-state index contributed by atoms with van der Waals surface area (Å²) in [5, 5.41) is 4.58. The number of nitrogens with zero attached hydrogens (tertiary/aromatic N) is 2. The second-order valence-corrected chi connectivity index (χ2v) is 10.9. The van der Waals surface area contributed by atoms with Crippen molar-refractivity contribution in [3.05, 3.63) is 45.3 Å². The van der Waals surface area contributed by atoms with E-state index in [1.807, 2.05) is 13.8 Å². The van der Waals surface area contributed by atoms with Gasteiger partial charge in [-0.25, -0.2) is 4.39 Å². The predicted octanol–water partition coefficient (Wildman–Crippen LogP) is 3.73. The summed E-state index contributed by atoms with van der Waals surface area (Å²) in [6.07, 6.45) is -6.76. The van der Waals surface area contributed by atoms with Crippen LogP contribution in [0.2, 0.25) is 0 Å². The third-order valence-corrected chi connectivity index (χ3v) is 6.78. The Balaban J connectivity index is 2.10. The van der Waals surface area contributed by atoms with Crippen LogP contribution in [-0.4, -0.2) is 71.0 Å². The van der Waals surface area contributed by atoms with Crippen LogP contribution in [-0.2, 0) is 49.3 Å². The van der Waals surface area contributed by atoms with E-state index in [4.69, 9.17) is 28.4 Å². The third-order valence-electron chi connectivity index (χ3n) is 6.28. The molecular formula is C28H34BrFN2O10. The number of benzene rings is 1. The number of halogens is 2. The van der Waals surface area contributed by atoms with Crippen molar-refractivity contribution in [2.75, 3.05) is 6.61 Å². The number of ether oxygens (including phenoxy) is 6. The van der Waals surface area contributed by atoms with E-state index >= 15 is 0 Å². The third kappa shape index (κ3) is 8.28. The molecule has 2 aromatic rings. The van der Waals surface area contributed by atoms with Gasteiger partial charge in [-0.1, -0.05) is 22.0 Å². The highest BCUT2D eigenvalue weighted by molar-refractivity contribution is 9.10. The van der Waals surface area contributed by atoms with E-state index in [9.17, 15) is 23.6 Å². The first-order valence-electron chi connectivity index (χ1n) is 13.2. The highest BCUT2D eigenvalue weighted by Gasteiger charge is 2.53. The quantitative estimate of drug-likeness (QED) is 0.273. The van der Waals surface area contributed by atoms with E-state index in [1.165, 1.54) is 13.0 Å². The van der Waals surface area contributed by atoms with Crippen molar-refractivity contribution in [3.8, 4) is 5.88 Å². The number of rotatable bonds is 10. The van der Waals surface area contributed by atoms with Gasteiger partial charge in [0.2, 0.25) is 18.3 Å². The Hall–Kier alpha value is -3.52. The lowest BCUT2D eigenvalue weighted by atomic mass is 9.98. The van der Waals surface area contributed by atoms with Gasteiger partial charge >= 0.3 is 23.9 Å². The normalized spacial score (nSPS) is 21.9. The summed E-state index contributed by atoms with van der Waals surface area (Å²) in [5.74, 6) is -3.33. The molecule has 1 aliphatic rings. The van der Waals surface area contributed by atoms with E-state index in [0.717, 1.165) is 20.8 Å². The van der Waals surface area contributed by atoms with Gasteiger partial charge in [0.25, 0.3) is 0 Å². The smallest absolute Gasteiger partial charge is 0.303 e. The van der Waals surface area contributed by atoms with Gasteiger partial charge in [-0.15, -0.1) is 5.10 Å². The van der Waals surface area contributed by atoms with Crippen LogP contribution in [0.3, 0.4) is 0 Å². The average Bonchev–Trinajstić information content (AvgIpc) is 3.17. The molecule has 230 valence electrons. The number of esters is 4. The van der Waals surface area contributed by atoms with Crippen LogP contribution in [0.1, 0.15) is 64.4 Å². The molecule has 12 nitrogen and oxygen atoms in total. The number of hydrogen-bond acceptors (Lipinski definition) is 11. The largest absolute Gasteiger partial charge is 0.463 e. The first kappa shape index (κ1) is 33.0. The van der Waals surface area contributed by atoms with Gasteiger partial charge in [-0.05, 0) is 38.5 Å². The molecule has 3 rings (SSSR count). The van der Waals surface area contributed by atoms with Gasteiger partial charge in [0.15, 0.2) is 12.2 Å². The van der Waals surface area contributed by atoms with Crippen LogP contribution >= 0.6 is 15.9 Å². The van der Waals surface area contributed by atoms with Crippen LogP contribution in [0.4, 0.5) is 4.39 Å². The molecule has 0 aliphatic carbocycles. The van der Waals surface area contributed by atoms with Crippen LogP contribution in [0, 0.1) is 12.7 Å². The molecule has 1 saturated heterocycles. The van der Waals surface area contributed by atoms with Crippen molar-refractivity contribution in [1.29, 1.82) is 0 Å². The van der Waals surface area contributed by atoms with E-state index in [2.05, 4.69) is 21.0 Å². The van der Waals surface area contributed by atoms with Crippen LogP contribution in [0.25, 0.3) is 0 Å². The Morgan fingerprint density at radius 2 is 1.57 bits per heavy atom. The van der Waals surface area contributed by atoms with Gasteiger partial charge in [-0.3, -0.25) is 23.9 Å². The minimum atomic E-state index is -1.48. The summed E-state index contributed by atoms with van der Waals surface area (Å²) >= 11 is 3.26. The molecular weight excluding hydrogens is 623 g/mol. The van der Waals surface area contributed by atoms with E-state index in [0.29, 0.717) is 21.3 Å². The van der Waals surface area contributed by atoms with Gasteiger partial charge < -0.3 is 28.4 Å². The maximum absolute atomic E-state index is 14.8. The Labute approximate surface area is 250 Å². The van der Waals surface area contributed by atoms with Crippen molar-refractivity contribution in [3.63, 3.8) is 0 Å². The highest BCUT2D eigenvalue weighted by Crippen LogP contribution is 2.34. The topological polar surface area (TPSA) is 141 Å². The fraction of sp³-hybridized carbons (Fsp3) is 0.536. The van der Waals surface area contributed by atoms with Crippen molar-refractivity contribution >= 4 is 39.8 Å². The minimum Gasteiger partial charge on any atom is -0.463 e. The Kier molecular flexibility index (Phi) is 11.1. The van der Waals surface area contributed by atoms with Crippen molar-refractivity contribution < 1.29 is 52.0 Å². The number of carbonyl (C=O) groups is 4. The average molecular weight is 657 g/mol. The van der Waals surface area contributed by atoms with Crippen LogP contribution in [0.15, 0.2) is 22.7 Å². The van der Waals surface area contributed by atoms with E-state index < -0.39 is 67.0 Å². The Morgan fingerprint density at radius 1 is 0.976 bits per heavy atom. The maximum atomic E-state index is 14.8. The molecule has 0 saturated carbocycles. The zero-order chi connectivity index (χ0) is 31.3. The van der Waals surface area contributed by atoms with E-state index in [-0.39, 0.29) is 18.3 Å². The van der Waals surface area contributed by atoms with Gasteiger partial charge in [0.05, 0.1) is 0 Å². The summed E-state index contributed by atoms with van der Waals surface area (Å²) < 4.78 is 50.8. The zero-order valence-electron chi connectivity index (χ0n) is 24.3. The second-order valence-electron chi connectivity index (χ2n) is 10.0. The summed E-state index contributed by atoms with van der Waals surface area (Å²) in [5.41, 5.74) is 1.58. The number of hydrogen-bond donors (Lipinski definition) is 0. The van der Waals surface area contributed by atoms with Gasteiger partial charge in [-0.2, -0.15) is 0 Å². The SMILES string of the molecule is CC(=O)OC[C@H]1O[C@@H](Oc2nn(C(C)C)c(C)c2Cc2ccc(Br)cc2F)[C@H](OC(C)=O)[C@@H](OC(C)=O)[C@@H]1OC(C)=O. The lowest BCUT2D eigenvalue weighted by molar-refractivity contribution is -0.289. The van der Waals surface area contributed by atoms with Crippen LogP contribution in [0.5, 0.6) is 5.88 Å². The van der Waals surface area contributed by atoms with Crippen LogP contribution < -0.4 is 4.74 Å².